The van der Waals surface area contributed by atoms with E-state index in [1.165, 1.54) is 18.0 Å². The van der Waals surface area contributed by atoms with Crippen molar-refractivity contribution in [2.45, 2.75) is 18.5 Å². The first-order valence-corrected chi connectivity index (χ1v) is 7.01. The Morgan fingerprint density at radius 1 is 1.57 bits per heavy atom. The van der Waals surface area contributed by atoms with Crippen LogP contribution in [0.5, 0.6) is 0 Å². The number of urea groups is 1. The van der Waals surface area contributed by atoms with Crippen molar-refractivity contribution in [3.63, 3.8) is 0 Å². The highest BCUT2D eigenvalue weighted by molar-refractivity contribution is 6.02. The minimum Gasteiger partial charge on any atom is -0.386 e. The lowest BCUT2D eigenvalue weighted by molar-refractivity contribution is -0.125. The van der Waals surface area contributed by atoms with Crippen molar-refractivity contribution in [2.75, 3.05) is 26.8 Å². The van der Waals surface area contributed by atoms with Gasteiger partial charge in [0.1, 0.15) is 12.1 Å². The molecule has 0 aromatic heterocycles. The van der Waals surface area contributed by atoms with Gasteiger partial charge in [-0.2, -0.15) is 5.06 Å². The third kappa shape index (κ3) is 3.42. The molecule has 126 valence electrons. The van der Waals surface area contributed by atoms with Crippen LogP contribution in [0.1, 0.15) is 6.42 Å². The molecule has 2 saturated heterocycles. The molecule has 10 heteroatoms. The molecule has 0 aliphatic carbocycles. The van der Waals surface area contributed by atoms with Crippen molar-refractivity contribution < 1.29 is 24.1 Å². The third-order valence-corrected chi connectivity index (χ3v) is 3.57. The SMILES string of the molecule is C=CCON1C(=O)N2CC1/C(=N\OCC(=O)NC)C[C@H]2C(N)=O. The molecule has 3 N–H and O–H groups in total. The molecule has 0 spiro atoms. The number of nitrogens with two attached hydrogens (primary N) is 1. The molecule has 2 heterocycles. The number of oxime groups is 1. The number of amides is 4. The van der Waals surface area contributed by atoms with E-state index < -0.39 is 24.0 Å². The molecule has 23 heavy (non-hydrogen) atoms. The number of hydroxylamine groups is 2. The van der Waals surface area contributed by atoms with Gasteiger partial charge in [-0.1, -0.05) is 11.2 Å². The van der Waals surface area contributed by atoms with E-state index >= 15 is 0 Å². The van der Waals surface area contributed by atoms with Crippen LogP contribution in [0.25, 0.3) is 0 Å². The lowest BCUT2D eigenvalue weighted by Crippen LogP contribution is -2.51. The zero-order chi connectivity index (χ0) is 17.0. The molecule has 4 amide bonds. The number of fused-ring (bicyclic) bond motifs is 2. The van der Waals surface area contributed by atoms with Crippen molar-refractivity contribution in [3.05, 3.63) is 12.7 Å². The maximum Gasteiger partial charge on any atom is 0.345 e. The Balaban J connectivity index is 2.18. The molecular formula is C13H19N5O5. The van der Waals surface area contributed by atoms with E-state index in [0.717, 1.165) is 5.06 Å². The predicted molar refractivity (Wildman–Crippen MR) is 78.9 cm³/mol. The summed E-state index contributed by atoms with van der Waals surface area (Å²) in [6.45, 7) is 3.60. The van der Waals surface area contributed by atoms with Crippen LogP contribution in [-0.2, 0) is 19.3 Å². The Morgan fingerprint density at radius 3 is 2.91 bits per heavy atom. The standard InChI is InChI=1S/C13H19N5O5/c1-3-4-23-18-10-6-17(13(18)21)9(12(14)20)5-8(10)16-22-7-11(19)15-2/h3,9-10H,1,4-7H2,2H3,(H2,14,20)(H,15,19)/b16-8-/t9-,10?/m0/s1. The summed E-state index contributed by atoms with van der Waals surface area (Å²) in [6, 6.07) is -1.78. The van der Waals surface area contributed by atoms with Crippen molar-refractivity contribution >= 4 is 23.6 Å². The average Bonchev–Trinajstić information content (AvgIpc) is 2.80. The second-order valence-electron chi connectivity index (χ2n) is 5.01. The summed E-state index contributed by atoms with van der Waals surface area (Å²) in [7, 11) is 1.47. The van der Waals surface area contributed by atoms with Crippen LogP contribution in [0.3, 0.4) is 0 Å². The average molecular weight is 325 g/mol. The van der Waals surface area contributed by atoms with Crippen LogP contribution in [-0.4, -0.2) is 72.4 Å². The third-order valence-electron chi connectivity index (χ3n) is 3.57. The normalized spacial score (nSPS) is 24.7. The molecule has 2 rings (SSSR count). The van der Waals surface area contributed by atoms with E-state index in [0.29, 0.717) is 5.71 Å². The maximum atomic E-state index is 12.3. The van der Waals surface area contributed by atoms with Crippen LogP contribution >= 0.6 is 0 Å². The molecule has 10 nitrogen and oxygen atoms in total. The first-order chi connectivity index (χ1) is 11.0. The summed E-state index contributed by atoms with van der Waals surface area (Å²) in [5.74, 6) is -0.984. The van der Waals surface area contributed by atoms with Crippen molar-refractivity contribution in [3.8, 4) is 0 Å². The quantitative estimate of drug-likeness (QED) is 0.439. The van der Waals surface area contributed by atoms with Crippen LogP contribution in [0, 0.1) is 0 Å². The molecule has 0 aromatic carbocycles. The Morgan fingerprint density at radius 2 is 2.30 bits per heavy atom. The first-order valence-electron chi connectivity index (χ1n) is 7.01. The minimum atomic E-state index is -0.821. The molecule has 2 atom stereocenters. The lowest BCUT2D eigenvalue weighted by Gasteiger charge is -2.28. The highest BCUT2D eigenvalue weighted by atomic mass is 16.7. The topological polar surface area (TPSA) is 127 Å². The zero-order valence-electron chi connectivity index (χ0n) is 12.7. The lowest BCUT2D eigenvalue weighted by atomic mass is 9.98. The summed E-state index contributed by atoms with van der Waals surface area (Å²) in [5, 5.41) is 7.42. The molecule has 1 unspecified atom stereocenters. The molecule has 2 aliphatic rings. The van der Waals surface area contributed by atoms with Crippen LogP contribution in [0.4, 0.5) is 4.79 Å². The highest BCUT2D eigenvalue weighted by Crippen LogP contribution is 2.28. The van der Waals surface area contributed by atoms with Crippen LogP contribution in [0.2, 0.25) is 0 Å². The van der Waals surface area contributed by atoms with Gasteiger partial charge in [0.2, 0.25) is 5.91 Å². The fourth-order valence-electron chi connectivity index (χ4n) is 2.42. The molecule has 2 aliphatic heterocycles. The Labute approximate surface area is 132 Å². The molecule has 2 bridgehead atoms. The van der Waals surface area contributed by atoms with Gasteiger partial charge in [0.25, 0.3) is 5.91 Å². The maximum absolute atomic E-state index is 12.3. The molecule has 0 aromatic rings. The van der Waals surface area contributed by atoms with Gasteiger partial charge in [0.15, 0.2) is 6.61 Å². The first kappa shape index (κ1) is 16.7. The number of primary amides is 1. The number of nitrogens with one attached hydrogen (secondary N) is 1. The number of carbonyl (C=O) groups is 3. The van der Waals surface area contributed by atoms with Crippen molar-refractivity contribution in [1.29, 1.82) is 0 Å². The summed E-state index contributed by atoms with van der Waals surface area (Å²) in [5.41, 5.74) is 5.77. The van der Waals surface area contributed by atoms with Gasteiger partial charge < -0.3 is 20.8 Å². The van der Waals surface area contributed by atoms with Gasteiger partial charge in [0, 0.05) is 13.5 Å². The zero-order valence-corrected chi connectivity index (χ0v) is 12.7. The Bertz CT molecular complexity index is 549. The van der Waals surface area contributed by atoms with Gasteiger partial charge in [0.05, 0.1) is 18.9 Å². The van der Waals surface area contributed by atoms with Crippen molar-refractivity contribution in [1.82, 2.24) is 15.3 Å². The van der Waals surface area contributed by atoms with Gasteiger partial charge in [-0.15, -0.1) is 6.58 Å². The fraction of sp³-hybridized carbons (Fsp3) is 0.538. The van der Waals surface area contributed by atoms with Gasteiger partial charge in [-0.25, -0.2) is 4.79 Å². The van der Waals surface area contributed by atoms with E-state index in [4.69, 9.17) is 15.4 Å². The fourth-order valence-corrected chi connectivity index (χ4v) is 2.42. The molecule has 0 radical (unpaired) electrons. The Kier molecular flexibility index (Phi) is 5.16. The number of piperidine rings is 1. The number of nitrogens with zero attached hydrogens (tertiary/aromatic N) is 3. The summed E-state index contributed by atoms with van der Waals surface area (Å²) in [6.07, 6.45) is 1.63. The summed E-state index contributed by atoms with van der Waals surface area (Å²) < 4.78 is 0. The monoisotopic (exact) mass is 325 g/mol. The summed E-state index contributed by atoms with van der Waals surface area (Å²) in [4.78, 5) is 46.7. The highest BCUT2D eigenvalue weighted by Gasteiger charge is 2.51. The number of hydrogen-bond acceptors (Lipinski definition) is 6. The van der Waals surface area contributed by atoms with E-state index in [-0.39, 0.29) is 32.1 Å². The number of carbonyl (C=O) groups excluding carboxylic acids is 3. The van der Waals surface area contributed by atoms with Crippen molar-refractivity contribution in [2.24, 2.45) is 10.9 Å². The second kappa shape index (κ2) is 7.09. The van der Waals surface area contributed by atoms with E-state index in [9.17, 15) is 14.4 Å². The number of likely N-dealkylation sites (N-methyl/N-ethyl adjacent to an activating group) is 1. The number of rotatable bonds is 7. The van der Waals surface area contributed by atoms with E-state index in [1.54, 1.807) is 0 Å². The predicted octanol–water partition coefficient (Wildman–Crippen LogP) is -1.41. The molecule has 0 saturated carbocycles. The molecular weight excluding hydrogens is 306 g/mol. The molecule has 2 fully saturated rings. The van der Waals surface area contributed by atoms with Gasteiger partial charge in [-0.05, 0) is 0 Å². The second-order valence-corrected chi connectivity index (χ2v) is 5.01. The minimum absolute atomic E-state index is 0.129. The Hall–Kier alpha value is -2.62. The van der Waals surface area contributed by atoms with E-state index in [1.807, 2.05) is 0 Å². The largest absolute Gasteiger partial charge is 0.386 e. The van der Waals surface area contributed by atoms with Gasteiger partial charge in [-0.3, -0.25) is 14.4 Å². The van der Waals surface area contributed by atoms with E-state index in [2.05, 4.69) is 17.1 Å². The van der Waals surface area contributed by atoms with Crippen LogP contribution < -0.4 is 11.1 Å². The smallest absolute Gasteiger partial charge is 0.345 e. The number of hydrogen-bond donors (Lipinski definition) is 2. The van der Waals surface area contributed by atoms with Gasteiger partial charge >= 0.3 is 6.03 Å². The summed E-state index contributed by atoms with van der Waals surface area (Å²) >= 11 is 0. The van der Waals surface area contributed by atoms with Crippen LogP contribution in [0.15, 0.2) is 17.8 Å².